The number of anilines is 1. The number of halogens is 1. The topological polar surface area (TPSA) is 107 Å². The molecule has 0 spiro atoms. The summed E-state index contributed by atoms with van der Waals surface area (Å²) in [6, 6.07) is 18.1. The number of benzene rings is 3. The zero-order valence-electron chi connectivity index (χ0n) is 25.4. The lowest BCUT2D eigenvalue weighted by Crippen LogP contribution is -2.54. The number of nitrogens with zero attached hydrogens (tertiary/aromatic N) is 3. The second-order valence-electron chi connectivity index (χ2n) is 12.7. The summed E-state index contributed by atoms with van der Waals surface area (Å²) in [4.78, 5) is 69.5. The van der Waals surface area contributed by atoms with Gasteiger partial charge in [-0.05, 0) is 91.5 Å². The Balaban J connectivity index is 0.962. The Morgan fingerprint density at radius 3 is 2.11 bits per heavy atom. The van der Waals surface area contributed by atoms with Crippen molar-refractivity contribution < 1.29 is 28.4 Å². The third-order valence-electron chi connectivity index (χ3n) is 10.1. The van der Waals surface area contributed by atoms with Gasteiger partial charge in [0.1, 0.15) is 11.9 Å². The molecular weight excluding hydrogens is 587 g/mol. The summed E-state index contributed by atoms with van der Waals surface area (Å²) >= 11 is 0. The highest BCUT2D eigenvalue weighted by atomic mass is 19.1. The monoisotopic (exact) mass is 622 g/mol. The van der Waals surface area contributed by atoms with Crippen molar-refractivity contribution in [2.75, 3.05) is 31.1 Å². The number of carbonyl (C=O) groups is 5. The van der Waals surface area contributed by atoms with Crippen LogP contribution < -0.4 is 10.2 Å². The Hall–Kier alpha value is -4.86. The normalized spacial score (nSPS) is 21.1. The maximum absolute atomic E-state index is 13.6. The van der Waals surface area contributed by atoms with E-state index in [4.69, 9.17) is 0 Å². The van der Waals surface area contributed by atoms with E-state index in [1.807, 2.05) is 35.2 Å². The Bertz CT molecular complexity index is 1720. The average molecular weight is 623 g/mol. The van der Waals surface area contributed by atoms with Crippen molar-refractivity contribution in [3.63, 3.8) is 0 Å². The predicted octanol–water partition coefficient (Wildman–Crippen LogP) is 4.66. The number of carbonyl (C=O) groups excluding carboxylic acids is 5. The van der Waals surface area contributed by atoms with Crippen molar-refractivity contribution in [2.45, 2.75) is 44.6 Å². The van der Waals surface area contributed by atoms with Gasteiger partial charge in [-0.15, -0.1) is 0 Å². The molecule has 236 valence electrons. The van der Waals surface area contributed by atoms with Crippen LogP contribution in [0.1, 0.15) is 69.6 Å². The first-order valence-corrected chi connectivity index (χ1v) is 16.0. The molecule has 4 aliphatic heterocycles. The third-order valence-corrected chi connectivity index (χ3v) is 10.1. The van der Waals surface area contributed by atoms with E-state index >= 15 is 0 Å². The molecule has 3 saturated heterocycles. The van der Waals surface area contributed by atoms with E-state index in [0.29, 0.717) is 47.3 Å². The molecule has 4 aliphatic rings. The fourth-order valence-electron chi connectivity index (χ4n) is 7.60. The number of nitrogens with one attached hydrogen (secondary N) is 1. The quantitative estimate of drug-likeness (QED) is 0.415. The van der Waals surface area contributed by atoms with Crippen molar-refractivity contribution in [3.05, 3.63) is 89.2 Å². The molecule has 3 aromatic rings. The molecule has 4 heterocycles. The van der Waals surface area contributed by atoms with Gasteiger partial charge in [-0.1, -0.05) is 30.3 Å². The lowest BCUT2D eigenvalue weighted by Gasteiger charge is -2.41. The van der Waals surface area contributed by atoms with Gasteiger partial charge in [-0.2, -0.15) is 0 Å². The van der Waals surface area contributed by atoms with Crippen LogP contribution in [-0.4, -0.2) is 71.6 Å². The molecule has 0 bridgehead atoms. The molecule has 0 radical (unpaired) electrons. The van der Waals surface area contributed by atoms with Crippen molar-refractivity contribution in [3.8, 4) is 11.1 Å². The van der Waals surface area contributed by atoms with Crippen LogP contribution in [0, 0.1) is 17.7 Å². The van der Waals surface area contributed by atoms with Gasteiger partial charge in [0.15, 0.2) is 0 Å². The molecule has 1 unspecified atom stereocenters. The molecule has 0 saturated carbocycles. The van der Waals surface area contributed by atoms with E-state index in [0.717, 1.165) is 54.8 Å². The molecule has 0 aliphatic carbocycles. The number of likely N-dealkylation sites (tertiary alicyclic amines) is 1. The summed E-state index contributed by atoms with van der Waals surface area (Å²) in [5, 5.41) is 2.25. The van der Waals surface area contributed by atoms with Crippen LogP contribution in [0.15, 0.2) is 66.7 Å². The zero-order chi connectivity index (χ0) is 31.9. The Morgan fingerprint density at radius 2 is 1.41 bits per heavy atom. The van der Waals surface area contributed by atoms with Gasteiger partial charge in [0.2, 0.25) is 11.8 Å². The lowest BCUT2D eigenvalue weighted by atomic mass is 9.78. The SMILES string of the molecule is O=C1CCC(N2C(=O)c3cccc(N4CCC(C5CCN(C(=O)c6cccc(-c7ccc(F)cc7)c6)CC5)CC4)c3C2=O)C(=O)N1. The van der Waals surface area contributed by atoms with Gasteiger partial charge in [-0.25, -0.2) is 4.39 Å². The van der Waals surface area contributed by atoms with Crippen LogP contribution in [0.4, 0.5) is 10.1 Å². The first-order chi connectivity index (χ1) is 22.3. The molecule has 9 nitrogen and oxygen atoms in total. The minimum atomic E-state index is -0.986. The zero-order valence-corrected chi connectivity index (χ0v) is 25.4. The molecule has 0 aromatic heterocycles. The smallest absolute Gasteiger partial charge is 0.264 e. The second kappa shape index (κ2) is 12.2. The van der Waals surface area contributed by atoms with E-state index in [-0.39, 0.29) is 24.6 Å². The number of piperidine rings is 3. The Labute approximate surface area is 266 Å². The molecule has 5 amide bonds. The van der Waals surface area contributed by atoms with Crippen molar-refractivity contribution in [1.29, 1.82) is 0 Å². The summed E-state index contributed by atoms with van der Waals surface area (Å²) in [7, 11) is 0. The van der Waals surface area contributed by atoms with Gasteiger partial charge < -0.3 is 9.80 Å². The first-order valence-electron chi connectivity index (χ1n) is 16.0. The van der Waals surface area contributed by atoms with Crippen molar-refractivity contribution in [2.24, 2.45) is 11.8 Å². The van der Waals surface area contributed by atoms with Gasteiger partial charge in [0, 0.05) is 38.2 Å². The Kier molecular flexibility index (Phi) is 7.88. The van der Waals surface area contributed by atoms with Crippen molar-refractivity contribution in [1.82, 2.24) is 15.1 Å². The van der Waals surface area contributed by atoms with Crippen LogP contribution in [0.5, 0.6) is 0 Å². The average Bonchev–Trinajstić information content (AvgIpc) is 3.34. The van der Waals surface area contributed by atoms with E-state index in [1.54, 1.807) is 24.3 Å². The van der Waals surface area contributed by atoms with Gasteiger partial charge >= 0.3 is 0 Å². The highest BCUT2D eigenvalue weighted by Gasteiger charge is 2.46. The largest absolute Gasteiger partial charge is 0.371 e. The van der Waals surface area contributed by atoms with Crippen LogP contribution in [0.2, 0.25) is 0 Å². The number of rotatable bonds is 5. The summed E-state index contributed by atoms with van der Waals surface area (Å²) < 4.78 is 13.4. The minimum Gasteiger partial charge on any atom is -0.371 e. The molecule has 10 heteroatoms. The minimum absolute atomic E-state index is 0.0146. The van der Waals surface area contributed by atoms with E-state index < -0.39 is 29.7 Å². The maximum Gasteiger partial charge on any atom is 0.264 e. The highest BCUT2D eigenvalue weighted by Crippen LogP contribution is 2.38. The fourth-order valence-corrected chi connectivity index (χ4v) is 7.60. The summed E-state index contributed by atoms with van der Waals surface area (Å²) in [5.74, 6) is -1.25. The number of hydrogen-bond acceptors (Lipinski definition) is 6. The molecular formula is C36H35FN4O5. The van der Waals surface area contributed by atoms with Gasteiger partial charge in [0.05, 0.1) is 16.8 Å². The Morgan fingerprint density at radius 1 is 0.739 bits per heavy atom. The van der Waals surface area contributed by atoms with Crippen molar-refractivity contribution >= 4 is 35.2 Å². The van der Waals surface area contributed by atoms with E-state index in [1.165, 1.54) is 12.1 Å². The number of fused-ring (bicyclic) bond motifs is 1. The third kappa shape index (κ3) is 5.46. The number of amides is 5. The summed E-state index contributed by atoms with van der Waals surface area (Å²) in [6.07, 6.45) is 3.97. The van der Waals surface area contributed by atoms with E-state index in [2.05, 4.69) is 10.2 Å². The van der Waals surface area contributed by atoms with Gasteiger partial charge in [0.25, 0.3) is 17.7 Å². The standard InChI is InChI=1S/C36H35FN4O5/c37-27-9-7-22(8-10-27)25-3-1-4-26(21-25)34(44)40-19-15-24(16-20-40)23-13-17-39(18-14-23)29-6-2-5-28-32(29)36(46)41(35(28)45)30-11-12-31(42)38-33(30)43/h1-10,21,23-24,30H,11-20H2,(H,38,42,43). The number of imide groups is 2. The molecule has 3 aromatic carbocycles. The molecule has 46 heavy (non-hydrogen) atoms. The molecule has 1 atom stereocenters. The van der Waals surface area contributed by atoms with Crippen LogP contribution in [0.25, 0.3) is 11.1 Å². The lowest BCUT2D eigenvalue weighted by molar-refractivity contribution is -0.136. The predicted molar refractivity (Wildman–Crippen MR) is 169 cm³/mol. The first kappa shape index (κ1) is 29.8. The maximum atomic E-state index is 13.6. The molecule has 1 N–H and O–H groups in total. The van der Waals surface area contributed by atoms with Crippen LogP contribution in [-0.2, 0) is 9.59 Å². The van der Waals surface area contributed by atoms with Gasteiger partial charge in [-0.3, -0.25) is 34.2 Å². The number of hydrogen-bond donors (Lipinski definition) is 1. The molecule has 3 fully saturated rings. The summed E-state index contributed by atoms with van der Waals surface area (Å²) in [6.45, 7) is 2.89. The van der Waals surface area contributed by atoms with Crippen LogP contribution in [0.3, 0.4) is 0 Å². The fraction of sp³-hybridized carbons (Fsp3) is 0.361. The summed E-state index contributed by atoms with van der Waals surface area (Å²) in [5.41, 5.74) is 3.73. The van der Waals surface area contributed by atoms with Crippen LogP contribution >= 0.6 is 0 Å². The van der Waals surface area contributed by atoms with E-state index in [9.17, 15) is 28.4 Å². The highest BCUT2D eigenvalue weighted by molar-refractivity contribution is 6.25. The second-order valence-corrected chi connectivity index (χ2v) is 12.7. The molecule has 7 rings (SSSR count).